The van der Waals surface area contributed by atoms with Crippen molar-refractivity contribution in [3.63, 3.8) is 0 Å². The smallest absolute Gasteiger partial charge is 0.303 e. The van der Waals surface area contributed by atoms with Crippen molar-refractivity contribution in [3.05, 3.63) is 12.5 Å². The molecule has 0 saturated carbocycles. The Kier molecular flexibility index (Phi) is 4.44. The first kappa shape index (κ1) is 15.0. The number of carboxylic acids is 1. The third kappa shape index (κ3) is 3.18. The molecule has 0 amide bonds. The van der Waals surface area contributed by atoms with Crippen molar-refractivity contribution >= 4 is 16.0 Å². The second-order valence-corrected chi connectivity index (χ2v) is 7.16. The van der Waals surface area contributed by atoms with Crippen LogP contribution in [0.25, 0.3) is 0 Å². The average Bonchev–Trinajstić information content (AvgIpc) is 2.92. The van der Waals surface area contributed by atoms with Gasteiger partial charge in [-0.05, 0) is 24.7 Å². The minimum atomic E-state index is -3.55. The fraction of sp³-hybridized carbons (Fsp3) is 0.667. The zero-order valence-corrected chi connectivity index (χ0v) is 12.1. The predicted octanol–water partition coefficient (Wildman–Crippen LogP) is 0.921. The SMILES string of the molecule is CC(CC(=O)O)C1CCCN(S(=O)(=O)c2cnc[nH]2)C1. The highest BCUT2D eigenvalue weighted by atomic mass is 32.2. The van der Waals surface area contributed by atoms with Crippen molar-refractivity contribution in [2.45, 2.75) is 31.2 Å². The molecule has 2 atom stereocenters. The quantitative estimate of drug-likeness (QED) is 0.841. The minimum absolute atomic E-state index is 0.0349. The first-order valence-corrected chi connectivity index (χ1v) is 8.05. The van der Waals surface area contributed by atoms with E-state index in [2.05, 4.69) is 9.97 Å². The summed E-state index contributed by atoms with van der Waals surface area (Å²) in [6, 6.07) is 0. The fourth-order valence-corrected chi connectivity index (χ4v) is 4.05. The molecule has 2 heterocycles. The van der Waals surface area contributed by atoms with Crippen LogP contribution in [-0.4, -0.2) is 46.9 Å². The molecule has 1 fully saturated rings. The highest BCUT2D eigenvalue weighted by Crippen LogP contribution is 2.28. The molecule has 2 N–H and O–H groups in total. The molecule has 0 bridgehead atoms. The van der Waals surface area contributed by atoms with Gasteiger partial charge in [-0.3, -0.25) is 4.79 Å². The molecular weight excluding hydrogens is 282 g/mol. The number of piperidine rings is 1. The maximum Gasteiger partial charge on any atom is 0.303 e. The van der Waals surface area contributed by atoms with Crippen LogP contribution < -0.4 is 0 Å². The molecule has 2 rings (SSSR count). The van der Waals surface area contributed by atoms with E-state index < -0.39 is 16.0 Å². The molecule has 8 heteroatoms. The van der Waals surface area contributed by atoms with E-state index >= 15 is 0 Å². The van der Waals surface area contributed by atoms with Crippen LogP contribution in [0.3, 0.4) is 0 Å². The lowest BCUT2D eigenvalue weighted by molar-refractivity contribution is -0.138. The number of carbonyl (C=O) groups is 1. The van der Waals surface area contributed by atoms with Crippen LogP contribution in [0.5, 0.6) is 0 Å². The summed E-state index contributed by atoms with van der Waals surface area (Å²) in [5.41, 5.74) is 0. The first-order chi connectivity index (χ1) is 9.41. The van der Waals surface area contributed by atoms with E-state index in [0.29, 0.717) is 13.1 Å². The Bertz CT molecular complexity index is 555. The largest absolute Gasteiger partial charge is 0.481 e. The van der Waals surface area contributed by atoms with Gasteiger partial charge in [0.2, 0.25) is 0 Å². The molecule has 20 heavy (non-hydrogen) atoms. The summed E-state index contributed by atoms with van der Waals surface area (Å²) in [5, 5.41) is 8.93. The first-order valence-electron chi connectivity index (χ1n) is 6.61. The topological polar surface area (TPSA) is 103 Å². The predicted molar refractivity (Wildman–Crippen MR) is 71.5 cm³/mol. The Labute approximate surface area is 118 Å². The zero-order valence-electron chi connectivity index (χ0n) is 11.3. The van der Waals surface area contributed by atoms with Gasteiger partial charge in [0.25, 0.3) is 10.0 Å². The number of imidazole rings is 1. The summed E-state index contributed by atoms with van der Waals surface area (Å²) in [7, 11) is -3.55. The van der Waals surface area contributed by atoms with Crippen LogP contribution in [0.15, 0.2) is 17.6 Å². The molecule has 1 saturated heterocycles. The van der Waals surface area contributed by atoms with Crippen molar-refractivity contribution in [1.82, 2.24) is 14.3 Å². The van der Waals surface area contributed by atoms with E-state index in [0.717, 1.165) is 12.8 Å². The number of H-pyrrole nitrogens is 1. The van der Waals surface area contributed by atoms with Crippen molar-refractivity contribution in [2.75, 3.05) is 13.1 Å². The highest BCUT2D eigenvalue weighted by Gasteiger charge is 2.33. The molecule has 0 spiro atoms. The van der Waals surface area contributed by atoms with Crippen molar-refractivity contribution in [1.29, 1.82) is 0 Å². The Morgan fingerprint density at radius 3 is 3.00 bits per heavy atom. The number of hydrogen-bond donors (Lipinski definition) is 2. The Morgan fingerprint density at radius 1 is 1.65 bits per heavy atom. The van der Waals surface area contributed by atoms with Crippen LogP contribution in [0.1, 0.15) is 26.2 Å². The molecule has 0 aromatic carbocycles. The van der Waals surface area contributed by atoms with Gasteiger partial charge in [0.15, 0.2) is 5.03 Å². The number of aromatic amines is 1. The number of aromatic nitrogens is 2. The van der Waals surface area contributed by atoms with Crippen LogP contribution in [0.4, 0.5) is 0 Å². The van der Waals surface area contributed by atoms with Crippen LogP contribution in [0, 0.1) is 11.8 Å². The van der Waals surface area contributed by atoms with Gasteiger partial charge in [-0.25, -0.2) is 13.4 Å². The Balaban J connectivity index is 2.09. The normalized spacial score (nSPS) is 22.6. The van der Waals surface area contributed by atoms with E-state index in [1.54, 1.807) is 0 Å². The molecule has 112 valence electrons. The van der Waals surface area contributed by atoms with Gasteiger partial charge in [-0.15, -0.1) is 0 Å². The van der Waals surface area contributed by atoms with Gasteiger partial charge in [0, 0.05) is 19.5 Å². The Hall–Kier alpha value is -1.41. The van der Waals surface area contributed by atoms with Crippen molar-refractivity contribution in [3.8, 4) is 0 Å². The molecule has 0 aliphatic carbocycles. The molecule has 2 unspecified atom stereocenters. The average molecular weight is 301 g/mol. The number of nitrogens with zero attached hydrogens (tertiary/aromatic N) is 2. The molecular formula is C12H19N3O4S. The van der Waals surface area contributed by atoms with Gasteiger partial charge >= 0.3 is 5.97 Å². The number of sulfonamides is 1. The third-order valence-electron chi connectivity index (χ3n) is 3.81. The van der Waals surface area contributed by atoms with Crippen LogP contribution >= 0.6 is 0 Å². The van der Waals surface area contributed by atoms with E-state index in [1.807, 2.05) is 6.92 Å². The molecule has 7 nitrogen and oxygen atoms in total. The summed E-state index contributed by atoms with van der Waals surface area (Å²) >= 11 is 0. The van der Waals surface area contributed by atoms with Gasteiger partial charge in [0.05, 0.1) is 12.5 Å². The second-order valence-electron chi connectivity index (χ2n) is 5.26. The summed E-state index contributed by atoms with van der Waals surface area (Å²) in [6.45, 7) is 2.71. The van der Waals surface area contributed by atoms with E-state index in [9.17, 15) is 13.2 Å². The minimum Gasteiger partial charge on any atom is -0.481 e. The maximum absolute atomic E-state index is 12.4. The van der Waals surface area contributed by atoms with Gasteiger partial charge < -0.3 is 10.1 Å². The Morgan fingerprint density at radius 2 is 2.40 bits per heavy atom. The van der Waals surface area contributed by atoms with Crippen molar-refractivity contribution < 1.29 is 18.3 Å². The molecule has 1 aromatic heterocycles. The number of carboxylic acid groups (broad SMARTS) is 1. The highest BCUT2D eigenvalue weighted by molar-refractivity contribution is 7.89. The van der Waals surface area contributed by atoms with Crippen LogP contribution in [0.2, 0.25) is 0 Å². The van der Waals surface area contributed by atoms with Gasteiger partial charge in [0.1, 0.15) is 0 Å². The number of aliphatic carboxylic acids is 1. The lowest BCUT2D eigenvalue weighted by Crippen LogP contribution is -2.42. The third-order valence-corrected chi connectivity index (χ3v) is 5.60. The van der Waals surface area contributed by atoms with Crippen molar-refractivity contribution in [2.24, 2.45) is 11.8 Å². The van der Waals surface area contributed by atoms with Gasteiger partial charge in [-0.2, -0.15) is 4.31 Å². The zero-order chi connectivity index (χ0) is 14.8. The number of hydrogen-bond acceptors (Lipinski definition) is 4. The molecule has 1 aromatic rings. The number of nitrogens with one attached hydrogen (secondary N) is 1. The van der Waals surface area contributed by atoms with Crippen LogP contribution in [-0.2, 0) is 14.8 Å². The lowest BCUT2D eigenvalue weighted by Gasteiger charge is -2.34. The lowest BCUT2D eigenvalue weighted by atomic mass is 9.85. The monoisotopic (exact) mass is 301 g/mol. The van der Waals surface area contributed by atoms with E-state index in [4.69, 9.17) is 5.11 Å². The van der Waals surface area contributed by atoms with E-state index in [1.165, 1.54) is 16.8 Å². The second kappa shape index (κ2) is 5.92. The summed E-state index contributed by atoms with van der Waals surface area (Å²) in [4.78, 5) is 17.1. The van der Waals surface area contributed by atoms with E-state index in [-0.39, 0.29) is 23.3 Å². The molecule has 0 radical (unpaired) electrons. The summed E-state index contributed by atoms with van der Waals surface area (Å²) in [5.74, 6) is -0.795. The fourth-order valence-electron chi connectivity index (χ4n) is 2.62. The number of rotatable bonds is 5. The molecule has 1 aliphatic rings. The standard InChI is InChI=1S/C12H19N3O4S/c1-9(5-12(16)17)10-3-2-4-15(7-10)20(18,19)11-6-13-8-14-11/h6,8-10H,2-5,7H2,1H3,(H,13,14)(H,16,17). The maximum atomic E-state index is 12.4. The summed E-state index contributed by atoms with van der Waals surface area (Å²) in [6.07, 6.45) is 4.31. The van der Waals surface area contributed by atoms with Gasteiger partial charge in [-0.1, -0.05) is 6.92 Å². The molecule has 1 aliphatic heterocycles. The summed E-state index contributed by atoms with van der Waals surface area (Å²) < 4.78 is 26.2.